The Morgan fingerprint density at radius 2 is 2.21 bits per heavy atom. The standard InChI is InChI=1S/C10H11Cl2NO/c1-7(11)6-14-10-4-2-3-9(12)8(10)5-13/h2-4H,1,5-6,13H2. The van der Waals surface area contributed by atoms with Gasteiger partial charge in [0.1, 0.15) is 12.4 Å². The number of halogens is 2. The lowest BCUT2D eigenvalue weighted by Gasteiger charge is -2.10. The number of nitrogens with two attached hydrogens (primary N) is 1. The van der Waals surface area contributed by atoms with E-state index in [2.05, 4.69) is 6.58 Å². The third-order valence-electron chi connectivity index (χ3n) is 1.66. The molecular formula is C10H11Cl2NO. The SMILES string of the molecule is C=C(Cl)COc1cccc(Cl)c1CN. The fourth-order valence-corrected chi connectivity index (χ4v) is 1.33. The molecule has 0 aliphatic rings. The van der Waals surface area contributed by atoms with Crippen molar-refractivity contribution in [3.63, 3.8) is 0 Å². The van der Waals surface area contributed by atoms with Gasteiger partial charge in [-0.15, -0.1) is 0 Å². The smallest absolute Gasteiger partial charge is 0.125 e. The van der Waals surface area contributed by atoms with Gasteiger partial charge >= 0.3 is 0 Å². The molecule has 0 amide bonds. The van der Waals surface area contributed by atoms with Crippen LogP contribution in [0.25, 0.3) is 0 Å². The van der Waals surface area contributed by atoms with E-state index in [9.17, 15) is 0 Å². The number of rotatable bonds is 4. The quantitative estimate of drug-likeness (QED) is 0.866. The lowest BCUT2D eigenvalue weighted by molar-refractivity contribution is 0.355. The summed E-state index contributed by atoms with van der Waals surface area (Å²) in [5.74, 6) is 0.654. The van der Waals surface area contributed by atoms with Crippen molar-refractivity contribution < 1.29 is 4.74 Å². The number of hydrogen-bond acceptors (Lipinski definition) is 2. The van der Waals surface area contributed by atoms with Crippen molar-refractivity contribution >= 4 is 23.2 Å². The highest BCUT2D eigenvalue weighted by atomic mass is 35.5. The van der Waals surface area contributed by atoms with Crippen molar-refractivity contribution in [3.05, 3.63) is 40.4 Å². The van der Waals surface area contributed by atoms with Gasteiger partial charge in [0.05, 0.1) is 0 Å². The van der Waals surface area contributed by atoms with E-state index in [1.54, 1.807) is 18.2 Å². The molecule has 1 aromatic carbocycles. The molecule has 0 saturated carbocycles. The Morgan fingerprint density at radius 3 is 2.79 bits per heavy atom. The summed E-state index contributed by atoms with van der Waals surface area (Å²) in [6, 6.07) is 5.37. The first kappa shape index (κ1) is 11.4. The van der Waals surface area contributed by atoms with Crippen LogP contribution in [0.4, 0.5) is 0 Å². The van der Waals surface area contributed by atoms with Gasteiger partial charge in [0.25, 0.3) is 0 Å². The van der Waals surface area contributed by atoms with Crippen LogP contribution in [0.2, 0.25) is 5.02 Å². The van der Waals surface area contributed by atoms with Gasteiger partial charge in [0.15, 0.2) is 0 Å². The molecule has 1 rings (SSSR count). The molecule has 4 heteroatoms. The van der Waals surface area contributed by atoms with Crippen LogP contribution < -0.4 is 10.5 Å². The second-order valence-electron chi connectivity index (χ2n) is 2.73. The summed E-state index contributed by atoms with van der Waals surface area (Å²) in [4.78, 5) is 0. The minimum Gasteiger partial charge on any atom is -0.488 e. The van der Waals surface area contributed by atoms with Gasteiger partial charge in [0, 0.05) is 22.2 Å². The Labute approximate surface area is 93.3 Å². The van der Waals surface area contributed by atoms with Gasteiger partial charge < -0.3 is 10.5 Å². The van der Waals surface area contributed by atoms with Crippen molar-refractivity contribution in [2.24, 2.45) is 5.73 Å². The molecule has 14 heavy (non-hydrogen) atoms. The molecule has 0 heterocycles. The molecule has 0 radical (unpaired) electrons. The Morgan fingerprint density at radius 1 is 1.50 bits per heavy atom. The van der Waals surface area contributed by atoms with E-state index < -0.39 is 0 Å². The maximum absolute atomic E-state index is 5.93. The largest absolute Gasteiger partial charge is 0.488 e. The van der Waals surface area contributed by atoms with E-state index in [-0.39, 0.29) is 6.61 Å². The maximum atomic E-state index is 5.93. The summed E-state index contributed by atoms with van der Waals surface area (Å²) in [5, 5.41) is 1.04. The van der Waals surface area contributed by atoms with Crippen molar-refractivity contribution in [2.45, 2.75) is 6.54 Å². The molecule has 0 spiro atoms. The highest BCUT2D eigenvalue weighted by molar-refractivity contribution is 6.31. The second-order valence-corrected chi connectivity index (χ2v) is 3.67. The van der Waals surface area contributed by atoms with Crippen LogP contribution in [0.5, 0.6) is 5.75 Å². The highest BCUT2D eigenvalue weighted by Crippen LogP contribution is 2.26. The van der Waals surface area contributed by atoms with Crippen LogP contribution in [0, 0.1) is 0 Å². The van der Waals surface area contributed by atoms with E-state index >= 15 is 0 Å². The van der Waals surface area contributed by atoms with Crippen molar-refractivity contribution in [1.82, 2.24) is 0 Å². The number of ether oxygens (including phenoxy) is 1. The fourth-order valence-electron chi connectivity index (χ4n) is 1.03. The molecule has 0 saturated heterocycles. The van der Waals surface area contributed by atoms with E-state index in [1.165, 1.54) is 0 Å². The van der Waals surface area contributed by atoms with Crippen molar-refractivity contribution in [3.8, 4) is 5.75 Å². The zero-order valence-electron chi connectivity index (χ0n) is 7.59. The maximum Gasteiger partial charge on any atom is 0.125 e. The average molecular weight is 232 g/mol. The second kappa shape index (κ2) is 5.25. The molecule has 0 atom stereocenters. The summed E-state index contributed by atoms with van der Waals surface area (Å²) in [7, 11) is 0. The van der Waals surface area contributed by atoms with Gasteiger partial charge in [-0.1, -0.05) is 35.8 Å². The van der Waals surface area contributed by atoms with Gasteiger partial charge in [-0.2, -0.15) is 0 Å². The lowest BCUT2D eigenvalue weighted by atomic mass is 10.2. The minimum absolute atomic E-state index is 0.259. The molecule has 76 valence electrons. The topological polar surface area (TPSA) is 35.2 Å². The molecule has 0 aromatic heterocycles. The van der Waals surface area contributed by atoms with Gasteiger partial charge in [-0.3, -0.25) is 0 Å². The lowest BCUT2D eigenvalue weighted by Crippen LogP contribution is -2.04. The molecule has 0 aliphatic heterocycles. The summed E-state index contributed by atoms with van der Waals surface area (Å²) in [6.07, 6.45) is 0. The van der Waals surface area contributed by atoms with Crippen LogP contribution in [0.1, 0.15) is 5.56 Å². The predicted octanol–water partition coefficient (Wildman–Crippen LogP) is 2.93. The average Bonchev–Trinajstić information content (AvgIpc) is 2.14. The van der Waals surface area contributed by atoms with Crippen molar-refractivity contribution in [2.75, 3.05) is 6.61 Å². The summed E-state index contributed by atoms with van der Waals surface area (Å²) >= 11 is 11.5. The van der Waals surface area contributed by atoms with E-state index in [4.69, 9.17) is 33.7 Å². The Bertz CT molecular complexity index is 339. The number of benzene rings is 1. The van der Waals surface area contributed by atoms with Crippen LogP contribution in [-0.2, 0) is 6.54 Å². The van der Waals surface area contributed by atoms with Gasteiger partial charge in [-0.05, 0) is 12.1 Å². The third kappa shape index (κ3) is 2.91. The summed E-state index contributed by atoms with van der Waals surface area (Å²) in [6.45, 7) is 4.12. The van der Waals surface area contributed by atoms with E-state index in [0.717, 1.165) is 5.56 Å². The van der Waals surface area contributed by atoms with Gasteiger partial charge in [0.2, 0.25) is 0 Å². The Hall–Kier alpha value is -0.700. The van der Waals surface area contributed by atoms with Crippen LogP contribution in [-0.4, -0.2) is 6.61 Å². The summed E-state index contributed by atoms with van der Waals surface area (Å²) < 4.78 is 5.37. The third-order valence-corrected chi connectivity index (χ3v) is 2.13. The fraction of sp³-hybridized carbons (Fsp3) is 0.200. The Balaban J connectivity index is 2.85. The summed E-state index contributed by atoms with van der Waals surface area (Å²) in [5.41, 5.74) is 6.32. The highest BCUT2D eigenvalue weighted by Gasteiger charge is 2.06. The first-order valence-electron chi connectivity index (χ1n) is 4.08. The first-order valence-corrected chi connectivity index (χ1v) is 4.84. The molecule has 0 unspecified atom stereocenters. The van der Waals surface area contributed by atoms with Crippen LogP contribution in [0.3, 0.4) is 0 Å². The first-order chi connectivity index (χ1) is 6.65. The van der Waals surface area contributed by atoms with E-state index in [0.29, 0.717) is 22.3 Å². The molecule has 2 nitrogen and oxygen atoms in total. The van der Waals surface area contributed by atoms with Gasteiger partial charge in [-0.25, -0.2) is 0 Å². The van der Waals surface area contributed by atoms with Crippen LogP contribution >= 0.6 is 23.2 Å². The normalized spacial score (nSPS) is 9.93. The molecule has 0 aliphatic carbocycles. The minimum atomic E-state index is 0.259. The van der Waals surface area contributed by atoms with Crippen molar-refractivity contribution in [1.29, 1.82) is 0 Å². The zero-order chi connectivity index (χ0) is 10.6. The van der Waals surface area contributed by atoms with E-state index in [1.807, 2.05) is 0 Å². The molecule has 1 aromatic rings. The predicted molar refractivity (Wildman–Crippen MR) is 59.8 cm³/mol. The zero-order valence-corrected chi connectivity index (χ0v) is 9.11. The van der Waals surface area contributed by atoms with Crippen LogP contribution in [0.15, 0.2) is 29.8 Å². The Kier molecular flexibility index (Phi) is 4.26. The molecule has 2 N–H and O–H groups in total. The molecular weight excluding hydrogens is 221 g/mol. The monoisotopic (exact) mass is 231 g/mol. The molecule has 0 fully saturated rings. The molecule has 0 bridgehead atoms. The number of hydrogen-bond donors (Lipinski definition) is 1.